The van der Waals surface area contributed by atoms with Gasteiger partial charge < -0.3 is 24.0 Å². The summed E-state index contributed by atoms with van der Waals surface area (Å²) in [5.74, 6) is -1.31. The van der Waals surface area contributed by atoms with E-state index >= 15 is 0 Å². The molecular formula is C22H27F2N2O4+. The third kappa shape index (κ3) is 5.25. The summed E-state index contributed by atoms with van der Waals surface area (Å²) in [6, 6.07) is 8.75. The van der Waals surface area contributed by atoms with Gasteiger partial charge in [0.25, 0.3) is 5.91 Å². The molecule has 162 valence electrons. The number of nitrogens with zero attached hydrogens (tertiary/aromatic N) is 1. The monoisotopic (exact) mass is 421 g/mol. The molecule has 1 N–H and O–H groups in total. The molecule has 1 amide bonds. The zero-order valence-electron chi connectivity index (χ0n) is 17.2. The Hall–Kier alpha value is -2.71. The lowest BCUT2D eigenvalue weighted by atomic mass is 10.1. The van der Waals surface area contributed by atoms with Crippen LogP contribution in [0.5, 0.6) is 11.5 Å². The van der Waals surface area contributed by atoms with E-state index in [1.54, 1.807) is 25.3 Å². The number of hydrogen-bond donors (Lipinski definition) is 1. The zero-order valence-corrected chi connectivity index (χ0v) is 17.2. The Bertz CT molecular complexity index is 852. The molecule has 2 aromatic rings. The average Bonchev–Trinajstić information content (AvgIpc) is 2.76. The van der Waals surface area contributed by atoms with Gasteiger partial charge in [0.15, 0.2) is 11.5 Å². The van der Waals surface area contributed by atoms with Gasteiger partial charge in [-0.3, -0.25) is 4.79 Å². The highest BCUT2D eigenvalue weighted by Crippen LogP contribution is 2.28. The van der Waals surface area contributed by atoms with Crippen LogP contribution in [0.3, 0.4) is 0 Å². The van der Waals surface area contributed by atoms with Crippen LogP contribution in [0.2, 0.25) is 0 Å². The van der Waals surface area contributed by atoms with Gasteiger partial charge in [-0.2, -0.15) is 0 Å². The van der Waals surface area contributed by atoms with Crippen molar-refractivity contribution in [3.05, 3.63) is 59.2 Å². The maximum absolute atomic E-state index is 14.3. The molecule has 0 radical (unpaired) electrons. The lowest BCUT2D eigenvalue weighted by Crippen LogP contribution is -3.14. The minimum Gasteiger partial charge on any atom is -0.493 e. The molecule has 0 spiro atoms. The number of halogens is 2. The Morgan fingerprint density at radius 3 is 2.37 bits per heavy atom. The first-order valence-corrected chi connectivity index (χ1v) is 9.89. The van der Waals surface area contributed by atoms with E-state index in [2.05, 4.69) is 0 Å². The molecule has 0 aliphatic carbocycles. The number of benzene rings is 2. The minimum atomic E-state index is -0.865. The Morgan fingerprint density at radius 2 is 1.73 bits per heavy atom. The molecule has 0 saturated carbocycles. The van der Waals surface area contributed by atoms with Crippen LogP contribution in [0.4, 0.5) is 8.78 Å². The third-order valence-electron chi connectivity index (χ3n) is 5.22. The topological polar surface area (TPSA) is 52.4 Å². The number of quaternary nitrogens is 1. The number of hydrogen-bond acceptors (Lipinski definition) is 4. The highest BCUT2D eigenvalue weighted by Gasteiger charge is 2.25. The van der Waals surface area contributed by atoms with Crippen molar-refractivity contribution < 1.29 is 32.7 Å². The van der Waals surface area contributed by atoms with Crippen molar-refractivity contribution in [2.24, 2.45) is 0 Å². The summed E-state index contributed by atoms with van der Waals surface area (Å²) in [7, 11) is 3.07. The number of carbonyl (C=O) groups is 1. The molecule has 8 heteroatoms. The molecule has 0 aromatic heterocycles. The van der Waals surface area contributed by atoms with E-state index in [9.17, 15) is 13.6 Å². The van der Waals surface area contributed by atoms with Crippen molar-refractivity contribution in [2.45, 2.75) is 6.54 Å². The minimum absolute atomic E-state index is 0.191. The van der Waals surface area contributed by atoms with Crippen LogP contribution in [-0.4, -0.2) is 64.4 Å². The number of rotatable bonds is 8. The van der Waals surface area contributed by atoms with E-state index in [0.29, 0.717) is 37.8 Å². The summed E-state index contributed by atoms with van der Waals surface area (Å²) in [5.41, 5.74) is 0.240. The van der Waals surface area contributed by atoms with Gasteiger partial charge >= 0.3 is 0 Å². The fourth-order valence-electron chi connectivity index (χ4n) is 3.52. The summed E-state index contributed by atoms with van der Waals surface area (Å²) in [5, 5.41) is 0. The molecule has 6 nitrogen and oxygen atoms in total. The first-order chi connectivity index (χ1) is 14.5. The zero-order chi connectivity index (χ0) is 21.5. The third-order valence-corrected chi connectivity index (χ3v) is 5.22. The number of morpholine rings is 1. The maximum Gasteiger partial charge on any atom is 0.260 e. The van der Waals surface area contributed by atoms with Crippen LogP contribution in [0.25, 0.3) is 0 Å². The number of carbonyl (C=O) groups excluding carboxylic acids is 1. The van der Waals surface area contributed by atoms with Crippen molar-refractivity contribution in [3.8, 4) is 11.5 Å². The fraction of sp³-hybridized carbons (Fsp3) is 0.409. The molecule has 1 aliphatic rings. The highest BCUT2D eigenvalue weighted by molar-refractivity contribution is 5.94. The van der Waals surface area contributed by atoms with Crippen LogP contribution in [0, 0.1) is 11.6 Å². The van der Waals surface area contributed by atoms with Gasteiger partial charge in [0.2, 0.25) is 0 Å². The fourth-order valence-corrected chi connectivity index (χ4v) is 3.52. The number of methoxy groups -OCH3 is 2. The second kappa shape index (κ2) is 10.4. The average molecular weight is 421 g/mol. The lowest BCUT2D eigenvalue weighted by molar-refractivity contribution is -0.907. The summed E-state index contributed by atoms with van der Waals surface area (Å²) in [6.45, 7) is 4.23. The summed E-state index contributed by atoms with van der Waals surface area (Å²) >= 11 is 0. The van der Waals surface area contributed by atoms with Crippen LogP contribution in [0.15, 0.2) is 36.4 Å². The quantitative estimate of drug-likeness (QED) is 0.703. The summed E-state index contributed by atoms with van der Waals surface area (Å²) in [6.07, 6.45) is 0. The van der Waals surface area contributed by atoms with Crippen LogP contribution >= 0.6 is 0 Å². The molecule has 2 aromatic carbocycles. The Balaban J connectivity index is 1.84. The van der Waals surface area contributed by atoms with Gasteiger partial charge in [0.1, 0.15) is 30.3 Å². The van der Waals surface area contributed by atoms with E-state index in [4.69, 9.17) is 14.2 Å². The Labute approximate surface area is 174 Å². The number of ether oxygens (including phenoxy) is 3. The highest BCUT2D eigenvalue weighted by atomic mass is 19.1. The Kier molecular flexibility index (Phi) is 7.59. The molecule has 0 atom stereocenters. The van der Waals surface area contributed by atoms with E-state index < -0.39 is 23.1 Å². The molecule has 1 fully saturated rings. The number of amides is 1. The molecule has 1 aliphatic heterocycles. The molecule has 1 saturated heterocycles. The molecule has 1 heterocycles. The standard InChI is InChI=1S/C22H26F2N2O4/c1-28-19-7-6-16(14-20(19)29-2)15-26(9-8-25-10-12-30-13-11-25)22(27)21-17(23)4-3-5-18(21)24/h3-7,14H,8-13,15H2,1-2H3/p+1. The van der Waals surface area contributed by atoms with Crippen molar-refractivity contribution in [2.75, 3.05) is 53.6 Å². The van der Waals surface area contributed by atoms with Gasteiger partial charge in [0, 0.05) is 6.54 Å². The normalized spacial score (nSPS) is 14.4. The van der Waals surface area contributed by atoms with Crippen LogP contribution in [0.1, 0.15) is 15.9 Å². The predicted molar refractivity (Wildman–Crippen MR) is 107 cm³/mol. The Morgan fingerprint density at radius 1 is 1.07 bits per heavy atom. The van der Waals surface area contributed by atoms with Crippen molar-refractivity contribution in [3.63, 3.8) is 0 Å². The van der Waals surface area contributed by atoms with E-state index in [0.717, 1.165) is 30.8 Å². The number of nitrogens with one attached hydrogen (secondary N) is 1. The maximum atomic E-state index is 14.3. The van der Waals surface area contributed by atoms with Gasteiger partial charge in [0.05, 0.1) is 40.5 Å². The van der Waals surface area contributed by atoms with Gasteiger partial charge in [-0.1, -0.05) is 12.1 Å². The van der Waals surface area contributed by atoms with Gasteiger partial charge in [-0.15, -0.1) is 0 Å². The lowest BCUT2D eigenvalue weighted by Gasteiger charge is -2.28. The second-order valence-electron chi connectivity index (χ2n) is 7.13. The predicted octanol–water partition coefficient (Wildman–Crippen LogP) is 1.54. The molecule has 0 bridgehead atoms. The SMILES string of the molecule is COc1ccc(CN(CC[NH+]2CCOCC2)C(=O)c2c(F)cccc2F)cc1OC. The van der Waals surface area contributed by atoms with Gasteiger partial charge in [-0.25, -0.2) is 8.78 Å². The smallest absolute Gasteiger partial charge is 0.260 e. The van der Waals surface area contributed by atoms with E-state index in [1.807, 2.05) is 0 Å². The first kappa shape index (κ1) is 22.0. The van der Waals surface area contributed by atoms with E-state index in [-0.39, 0.29) is 6.54 Å². The molecule has 3 rings (SSSR count). The van der Waals surface area contributed by atoms with Crippen molar-refractivity contribution in [1.82, 2.24) is 4.90 Å². The summed E-state index contributed by atoms with van der Waals surface area (Å²) < 4.78 is 44.5. The van der Waals surface area contributed by atoms with Crippen molar-refractivity contribution >= 4 is 5.91 Å². The first-order valence-electron chi connectivity index (χ1n) is 9.89. The second-order valence-corrected chi connectivity index (χ2v) is 7.13. The van der Waals surface area contributed by atoms with Crippen molar-refractivity contribution in [1.29, 1.82) is 0 Å². The molecular weight excluding hydrogens is 394 g/mol. The van der Waals surface area contributed by atoms with Gasteiger partial charge in [-0.05, 0) is 29.8 Å². The molecule has 30 heavy (non-hydrogen) atoms. The summed E-state index contributed by atoms with van der Waals surface area (Å²) in [4.78, 5) is 15.9. The van der Waals surface area contributed by atoms with Crippen LogP contribution in [-0.2, 0) is 11.3 Å². The molecule has 0 unspecified atom stereocenters. The largest absolute Gasteiger partial charge is 0.493 e. The van der Waals surface area contributed by atoms with E-state index in [1.165, 1.54) is 23.0 Å². The van der Waals surface area contributed by atoms with Crippen LogP contribution < -0.4 is 14.4 Å².